The second-order valence-electron chi connectivity index (χ2n) is 5.35. The molecular formula is C19H19NO2. The van der Waals surface area contributed by atoms with Gasteiger partial charge in [0.15, 0.2) is 0 Å². The molecule has 0 bridgehead atoms. The van der Waals surface area contributed by atoms with Gasteiger partial charge in [0, 0.05) is 6.04 Å². The lowest BCUT2D eigenvalue weighted by Gasteiger charge is -2.17. The number of hydrogen-bond acceptors (Lipinski definition) is 3. The Morgan fingerprint density at radius 3 is 2.14 bits per heavy atom. The average molecular weight is 293 g/mol. The maximum atomic E-state index is 11.8. The molecule has 1 atom stereocenters. The topological polar surface area (TPSA) is 52.3 Å². The van der Waals surface area contributed by atoms with Crippen molar-refractivity contribution >= 4 is 27.5 Å². The van der Waals surface area contributed by atoms with E-state index < -0.39 is 0 Å². The Balaban J connectivity index is 2.17. The summed E-state index contributed by atoms with van der Waals surface area (Å²) in [6.07, 6.45) is 0.186. The van der Waals surface area contributed by atoms with E-state index in [-0.39, 0.29) is 18.4 Å². The molecule has 0 aliphatic rings. The molecule has 3 nitrogen and oxygen atoms in total. The van der Waals surface area contributed by atoms with E-state index in [1.165, 1.54) is 0 Å². The van der Waals surface area contributed by atoms with Crippen LogP contribution in [0.3, 0.4) is 0 Å². The van der Waals surface area contributed by atoms with E-state index >= 15 is 0 Å². The third-order valence-corrected chi connectivity index (χ3v) is 3.88. The van der Waals surface area contributed by atoms with Gasteiger partial charge in [0.25, 0.3) is 0 Å². The number of esters is 1. The quantitative estimate of drug-likeness (QED) is 0.585. The van der Waals surface area contributed by atoms with Crippen molar-refractivity contribution in [2.24, 2.45) is 5.73 Å². The van der Waals surface area contributed by atoms with Crippen molar-refractivity contribution in [2.75, 3.05) is 6.61 Å². The maximum Gasteiger partial charge on any atom is 0.307 e. The van der Waals surface area contributed by atoms with Gasteiger partial charge in [-0.1, -0.05) is 48.5 Å². The highest BCUT2D eigenvalue weighted by molar-refractivity contribution is 6.02. The first-order chi connectivity index (χ1) is 10.7. The second-order valence-corrected chi connectivity index (χ2v) is 5.35. The van der Waals surface area contributed by atoms with E-state index in [2.05, 4.69) is 30.3 Å². The zero-order valence-corrected chi connectivity index (χ0v) is 12.6. The van der Waals surface area contributed by atoms with E-state index in [0.717, 1.165) is 27.1 Å². The van der Waals surface area contributed by atoms with Gasteiger partial charge in [0.2, 0.25) is 0 Å². The van der Waals surface area contributed by atoms with Gasteiger partial charge in [-0.2, -0.15) is 0 Å². The molecule has 3 heteroatoms. The molecule has 0 aliphatic heterocycles. The van der Waals surface area contributed by atoms with Crippen LogP contribution in [-0.4, -0.2) is 12.6 Å². The fourth-order valence-corrected chi connectivity index (χ4v) is 2.95. The van der Waals surface area contributed by atoms with Crippen molar-refractivity contribution in [3.05, 3.63) is 60.2 Å². The fourth-order valence-electron chi connectivity index (χ4n) is 2.95. The summed E-state index contributed by atoms with van der Waals surface area (Å²) in [5.41, 5.74) is 7.37. The monoisotopic (exact) mass is 293 g/mol. The average Bonchev–Trinajstić information content (AvgIpc) is 2.52. The number of hydrogen-bond donors (Lipinski definition) is 1. The van der Waals surface area contributed by atoms with Crippen LogP contribution < -0.4 is 5.73 Å². The highest BCUT2D eigenvalue weighted by Crippen LogP contribution is 2.33. The minimum absolute atomic E-state index is 0.186. The lowest BCUT2D eigenvalue weighted by Crippen LogP contribution is -2.18. The largest absolute Gasteiger partial charge is 0.466 e. The predicted octanol–water partition coefficient (Wildman–Crippen LogP) is 3.95. The van der Waals surface area contributed by atoms with Gasteiger partial charge >= 0.3 is 5.97 Å². The molecule has 0 heterocycles. The number of nitrogens with two attached hydrogens (primary N) is 1. The number of carbonyl (C=O) groups is 1. The van der Waals surface area contributed by atoms with Crippen LogP contribution in [0.15, 0.2) is 54.6 Å². The summed E-state index contributed by atoms with van der Waals surface area (Å²) in [6.45, 7) is 2.18. The van der Waals surface area contributed by atoms with Gasteiger partial charge in [-0.25, -0.2) is 0 Å². The van der Waals surface area contributed by atoms with Crippen LogP contribution in [0.2, 0.25) is 0 Å². The Morgan fingerprint density at radius 2 is 1.59 bits per heavy atom. The second kappa shape index (κ2) is 6.16. The van der Waals surface area contributed by atoms with Crippen LogP contribution in [0.1, 0.15) is 24.9 Å². The summed E-state index contributed by atoms with van der Waals surface area (Å²) >= 11 is 0. The van der Waals surface area contributed by atoms with E-state index in [0.29, 0.717) is 6.61 Å². The number of rotatable bonds is 4. The molecule has 0 saturated heterocycles. The van der Waals surface area contributed by atoms with E-state index in [4.69, 9.17) is 10.5 Å². The first-order valence-corrected chi connectivity index (χ1v) is 7.52. The zero-order chi connectivity index (χ0) is 15.5. The van der Waals surface area contributed by atoms with Gasteiger partial charge in [0.05, 0.1) is 13.0 Å². The normalized spacial score (nSPS) is 12.5. The molecule has 0 fully saturated rings. The van der Waals surface area contributed by atoms with Crippen LogP contribution in [0, 0.1) is 0 Å². The molecule has 2 N–H and O–H groups in total. The highest BCUT2D eigenvalue weighted by atomic mass is 16.5. The maximum absolute atomic E-state index is 11.8. The van der Waals surface area contributed by atoms with E-state index in [9.17, 15) is 4.79 Å². The lowest BCUT2D eigenvalue weighted by molar-refractivity contribution is -0.143. The van der Waals surface area contributed by atoms with Crippen molar-refractivity contribution in [3.63, 3.8) is 0 Å². The SMILES string of the molecule is CCOC(=O)C[C@@H](N)c1c2ccccc2cc2ccccc12. The van der Waals surface area contributed by atoms with E-state index in [1.54, 1.807) is 6.92 Å². The smallest absolute Gasteiger partial charge is 0.307 e. The summed E-state index contributed by atoms with van der Waals surface area (Å²) in [7, 11) is 0. The molecule has 3 rings (SSSR count). The molecule has 0 spiro atoms. The summed E-state index contributed by atoms with van der Waals surface area (Å²) in [5.74, 6) is -0.257. The molecule has 0 saturated carbocycles. The van der Waals surface area contributed by atoms with Crippen molar-refractivity contribution in [3.8, 4) is 0 Å². The molecule has 3 aromatic rings. The molecular weight excluding hydrogens is 274 g/mol. The zero-order valence-electron chi connectivity index (χ0n) is 12.6. The summed E-state index contributed by atoms with van der Waals surface area (Å²) < 4.78 is 5.04. The first kappa shape index (κ1) is 14.5. The summed E-state index contributed by atoms with van der Waals surface area (Å²) in [6, 6.07) is 18.1. The van der Waals surface area contributed by atoms with Crippen LogP contribution >= 0.6 is 0 Å². The van der Waals surface area contributed by atoms with Crippen LogP contribution in [0.25, 0.3) is 21.5 Å². The van der Waals surface area contributed by atoms with Gasteiger partial charge in [-0.05, 0) is 40.1 Å². The van der Waals surface area contributed by atoms with Gasteiger partial charge in [-0.15, -0.1) is 0 Å². The Bertz CT molecular complexity index is 772. The third kappa shape index (κ3) is 2.68. The lowest BCUT2D eigenvalue weighted by atomic mass is 9.91. The minimum Gasteiger partial charge on any atom is -0.466 e. The third-order valence-electron chi connectivity index (χ3n) is 3.88. The molecule has 0 aliphatic carbocycles. The molecule has 0 amide bonds. The number of carbonyl (C=O) groups excluding carboxylic acids is 1. The Kier molecular flexibility index (Phi) is 4.07. The van der Waals surface area contributed by atoms with Crippen molar-refractivity contribution in [2.45, 2.75) is 19.4 Å². The van der Waals surface area contributed by atoms with Gasteiger partial charge in [0.1, 0.15) is 0 Å². The van der Waals surface area contributed by atoms with Crippen LogP contribution in [0.5, 0.6) is 0 Å². The Labute approximate surface area is 129 Å². The number of ether oxygens (including phenoxy) is 1. The fraction of sp³-hybridized carbons (Fsp3) is 0.211. The molecule has 0 aromatic heterocycles. The summed E-state index contributed by atoms with van der Waals surface area (Å²) in [4.78, 5) is 11.8. The summed E-state index contributed by atoms with van der Waals surface area (Å²) in [5, 5.41) is 4.46. The van der Waals surface area contributed by atoms with Crippen molar-refractivity contribution in [1.29, 1.82) is 0 Å². The minimum atomic E-state index is -0.380. The van der Waals surface area contributed by atoms with Gasteiger partial charge in [-0.3, -0.25) is 4.79 Å². The van der Waals surface area contributed by atoms with Crippen LogP contribution in [-0.2, 0) is 9.53 Å². The molecule has 0 unspecified atom stereocenters. The first-order valence-electron chi connectivity index (χ1n) is 7.52. The Morgan fingerprint density at radius 1 is 1.05 bits per heavy atom. The number of benzene rings is 3. The Hall–Kier alpha value is -2.39. The van der Waals surface area contributed by atoms with E-state index in [1.807, 2.05) is 24.3 Å². The van der Waals surface area contributed by atoms with Crippen LogP contribution in [0.4, 0.5) is 0 Å². The standard InChI is InChI=1S/C19H19NO2/c1-2-22-18(21)12-17(20)19-15-9-5-3-7-13(15)11-14-8-4-6-10-16(14)19/h3-11,17H,2,12,20H2,1H3/t17-/m1/s1. The molecule has 3 aromatic carbocycles. The van der Waals surface area contributed by atoms with Crippen molar-refractivity contribution < 1.29 is 9.53 Å². The highest BCUT2D eigenvalue weighted by Gasteiger charge is 2.18. The van der Waals surface area contributed by atoms with Crippen molar-refractivity contribution in [1.82, 2.24) is 0 Å². The number of fused-ring (bicyclic) bond motifs is 2. The van der Waals surface area contributed by atoms with Gasteiger partial charge < -0.3 is 10.5 Å². The molecule has 0 radical (unpaired) electrons. The molecule has 112 valence electrons. The molecule has 22 heavy (non-hydrogen) atoms. The predicted molar refractivity (Wildman–Crippen MR) is 89.6 cm³/mol.